The van der Waals surface area contributed by atoms with Crippen LogP contribution in [0.25, 0.3) is 0 Å². The summed E-state index contributed by atoms with van der Waals surface area (Å²) in [4.78, 5) is 10.6. The average Bonchev–Trinajstić information content (AvgIpc) is 2.40. The largest absolute Gasteiger partial charge is 0.408 e. The molecule has 0 spiro atoms. The number of hydrogen-bond donors (Lipinski definition) is 1. The lowest BCUT2D eigenvalue weighted by Gasteiger charge is -1.95. The van der Waals surface area contributed by atoms with Crippen molar-refractivity contribution >= 4 is 5.97 Å². The Balaban J connectivity index is 2.48. The van der Waals surface area contributed by atoms with Gasteiger partial charge in [-0.1, -0.05) is 6.92 Å². The Hall–Kier alpha value is -1.32. The molecule has 1 rings (SSSR count). The highest BCUT2D eigenvalue weighted by molar-refractivity contribution is 5.71. The van der Waals surface area contributed by atoms with Crippen molar-refractivity contribution in [2.45, 2.75) is 13.3 Å². The molecular weight excluding hydrogens is 132 g/mol. The van der Waals surface area contributed by atoms with E-state index in [1.165, 1.54) is 6.20 Å². The summed E-state index contributed by atoms with van der Waals surface area (Å²) in [7, 11) is 0. The normalized spacial score (nSPS) is 9.30. The summed E-state index contributed by atoms with van der Waals surface area (Å²) in [5.74, 6) is 0.135. The Bertz CT molecular complexity index is 206. The fourth-order valence-corrected chi connectivity index (χ4v) is 0.495. The van der Waals surface area contributed by atoms with E-state index in [1.807, 2.05) is 0 Å². The molecule has 0 aliphatic carbocycles. The molecule has 0 saturated heterocycles. The Morgan fingerprint density at radius 2 is 2.70 bits per heavy atom. The van der Waals surface area contributed by atoms with E-state index in [2.05, 4.69) is 10.2 Å². The third kappa shape index (κ3) is 1.58. The maximum absolute atomic E-state index is 10.6. The Kier molecular flexibility index (Phi) is 2.04. The second-order valence-electron chi connectivity index (χ2n) is 1.75. The van der Waals surface area contributed by atoms with Crippen molar-refractivity contribution in [3.8, 4) is 5.88 Å². The van der Waals surface area contributed by atoms with Gasteiger partial charge in [-0.3, -0.25) is 4.79 Å². The summed E-state index contributed by atoms with van der Waals surface area (Å²) in [6, 6.07) is 1.59. The number of aromatic amines is 1. The molecular formula is C6H8N2O2. The Labute approximate surface area is 58.2 Å². The number of hydrogen-bond acceptors (Lipinski definition) is 3. The SMILES string of the molecule is CCC(=O)Oc1ccn[nH]1. The third-order valence-corrected chi connectivity index (χ3v) is 0.988. The molecule has 4 nitrogen and oxygen atoms in total. The van der Waals surface area contributed by atoms with Gasteiger partial charge in [-0.05, 0) is 0 Å². The van der Waals surface area contributed by atoms with E-state index in [0.29, 0.717) is 12.3 Å². The number of rotatable bonds is 2. The number of esters is 1. The van der Waals surface area contributed by atoms with E-state index in [-0.39, 0.29) is 5.97 Å². The number of ether oxygens (including phenoxy) is 1. The van der Waals surface area contributed by atoms with Crippen LogP contribution < -0.4 is 4.74 Å². The molecule has 0 radical (unpaired) electrons. The first-order chi connectivity index (χ1) is 4.83. The van der Waals surface area contributed by atoms with Crippen LogP contribution in [-0.4, -0.2) is 16.2 Å². The number of nitrogens with zero attached hydrogens (tertiary/aromatic N) is 1. The lowest BCUT2D eigenvalue weighted by atomic mass is 10.5. The summed E-state index contributed by atoms with van der Waals surface area (Å²) in [5, 5.41) is 6.12. The Morgan fingerprint density at radius 3 is 3.20 bits per heavy atom. The average molecular weight is 140 g/mol. The maximum Gasteiger partial charge on any atom is 0.312 e. The van der Waals surface area contributed by atoms with Crippen molar-refractivity contribution < 1.29 is 9.53 Å². The predicted molar refractivity (Wildman–Crippen MR) is 34.5 cm³/mol. The topological polar surface area (TPSA) is 55.0 Å². The van der Waals surface area contributed by atoms with Gasteiger partial charge in [-0.25, -0.2) is 5.10 Å². The van der Waals surface area contributed by atoms with Crippen molar-refractivity contribution in [3.63, 3.8) is 0 Å². The van der Waals surface area contributed by atoms with Gasteiger partial charge in [0.05, 0.1) is 6.20 Å². The standard InChI is InChI=1S/C6H8N2O2/c1-2-6(9)10-5-3-4-7-8-5/h3-4H,2H2,1H3,(H,7,8). The minimum absolute atomic E-state index is 0.260. The molecule has 0 aromatic carbocycles. The number of nitrogens with one attached hydrogen (secondary N) is 1. The third-order valence-electron chi connectivity index (χ3n) is 0.988. The molecule has 4 heteroatoms. The molecule has 0 atom stereocenters. The van der Waals surface area contributed by atoms with Crippen molar-refractivity contribution in [2.24, 2.45) is 0 Å². The van der Waals surface area contributed by atoms with Crippen LogP contribution in [0.4, 0.5) is 0 Å². The summed E-state index contributed by atoms with van der Waals surface area (Å²) >= 11 is 0. The van der Waals surface area contributed by atoms with Crippen LogP contribution in [-0.2, 0) is 4.79 Å². The summed E-state index contributed by atoms with van der Waals surface area (Å²) in [5.41, 5.74) is 0. The smallest absolute Gasteiger partial charge is 0.312 e. The highest BCUT2D eigenvalue weighted by Gasteiger charge is 2.00. The van der Waals surface area contributed by atoms with Gasteiger partial charge in [0.1, 0.15) is 0 Å². The van der Waals surface area contributed by atoms with Gasteiger partial charge in [-0.15, -0.1) is 0 Å². The van der Waals surface area contributed by atoms with Crippen LogP contribution >= 0.6 is 0 Å². The fraction of sp³-hybridized carbons (Fsp3) is 0.333. The van der Waals surface area contributed by atoms with Crippen LogP contribution in [0, 0.1) is 0 Å². The van der Waals surface area contributed by atoms with Crippen LogP contribution in [0.3, 0.4) is 0 Å². The summed E-state index contributed by atoms with van der Waals surface area (Å²) in [6.07, 6.45) is 1.90. The Morgan fingerprint density at radius 1 is 1.90 bits per heavy atom. The van der Waals surface area contributed by atoms with Gasteiger partial charge in [0.2, 0.25) is 5.88 Å². The minimum Gasteiger partial charge on any atom is -0.408 e. The predicted octanol–water partition coefficient (Wildman–Crippen LogP) is 0.725. The maximum atomic E-state index is 10.6. The van der Waals surface area contributed by atoms with E-state index in [9.17, 15) is 4.79 Å². The van der Waals surface area contributed by atoms with Crippen molar-refractivity contribution in [3.05, 3.63) is 12.3 Å². The zero-order valence-corrected chi connectivity index (χ0v) is 5.63. The van der Waals surface area contributed by atoms with Gasteiger partial charge in [0.15, 0.2) is 0 Å². The van der Waals surface area contributed by atoms with Gasteiger partial charge in [-0.2, -0.15) is 5.10 Å². The minimum atomic E-state index is -0.260. The number of H-pyrrole nitrogens is 1. The molecule has 0 fully saturated rings. The second-order valence-corrected chi connectivity index (χ2v) is 1.75. The van der Waals surface area contributed by atoms with Crippen molar-refractivity contribution in [1.29, 1.82) is 0 Å². The highest BCUT2D eigenvalue weighted by atomic mass is 16.5. The molecule has 1 heterocycles. The van der Waals surface area contributed by atoms with E-state index in [0.717, 1.165) is 0 Å². The van der Waals surface area contributed by atoms with Crippen LogP contribution in [0.1, 0.15) is 13.3 Å². The first-order valence-electron chi connectivity index (χ1n) is 3.03. The first kappa shape index (κ1) is 6.80. The fourth-order valence-electron chi connectivity index (χ4n) is 0.495. The molecule has 0 aliphatic rings. The molecule has 0 amide bonds. The molecule has 0 unspecified atom stereocenters. The zero-order chi connectivity index (χ0) is 7.40. The molecule has 1 aromatic heterocycles. The van der Waals surface area contributed by atoms with Crippen molar-refractivity contribution in [2.75, 3.05) is 0 Å². The van der Waals surface area contributed by atoms with E-state index < -0.39 is 0 Å². The first-order valence-corrected chi connectivity index (χ1v) is 3.03. The second kappa shape index (κ2) is 3.00. The van der Waals surface area contributed by atoms with Gasteiger partial charge in [0, 0.05) is 12.5 Å². The summed E-state index contributed by atoms with van der Waals surface area (Å²) < 4.78 is 4.75. The number of carbonyl (C=O) groups excluding carboxylic acids is 1. The molecule has 10 heavy (non-hydrogen) atoms. The molecule has 1 aromatic rings. The number of carbonyl (C=O) groups is 1. The molecule has 1 N–H and O–H groups in total. The molecule has 0 aliphatic heterocycles. The highest BCUT2D eigenvalue weighted by Crippen LogP contribution is 2.02. The quantitative estimate of drug-likeness (QED) is 0.616. The lowest BCUT2D eigenvalue weighted by molar-refractivity contribution is -0.134. The van der Waals surface area contributed by atoms with Crippen molar-refractivity contribution in [1.82, 2.24) is 10.2 Å². The van der Waals surface area contributed by atoms with Crippen LogP contribution in [0.2, 0.25) is 0 Å². The monoisotopic (exact) mass is 140 g/mol. The van der Waals surface area contributed by atoms with E-state index in [4.69, 9.17) is 4.74 Å². The summed E-state index contributed by atoms with van der Waals surface area (Å²) in [6.45, 7) is 1.73. The van der Waals surface area contributed by atoms with Crippen LogP contribution in [0.5, 0.6) is 5.88 Å². The molecule has 0 saturated carbocycles. The number of aromatic nitrogens is 2. The van der Waals surface area contributed by atoms with Gasteiger partial charge >= 0.3 is 5.97 Å². The van der Waals surface area contributed by atoms with Crippen LogP contribution in [0.15, 0.2) is 12.3 Å². The van der Waals surface area contributed by atoms with E-state index >= 15 is 0 Å². The van der Waals surface area contributed by atoms with Gasteiger partial charge < -0.3 is 4.74 Å². The van der Waals surface area contributed by atoms with E-state index in [1.54, 1.807) is 13.0 Å². The molecule has 54 valence electrons. The lowest BCUT2D eigenvalue weighted by Crippen LogP contribution is -2.05. The molecule has 0 bridgehead atoms. The van der Waals surface area contributed by atoms with Gasteiger partial charge in [0.25, 0.3) is 0 Å². The zero-order valence-electron chi connectivity index (χ0n) is 5.63.